The van der Waals surface area contributed by atoms with Gasteiger partial charge in [0.2, 0.25) is 0 Å². The summed E-state index contributed by atoms with van der Waals surface area (Å²) in [5.41, 5.74) is 3.89. The van der Waals surface area contributed by atoms with Crippen LogP contribution in [0.1, 0.15) is 78.9 Å². The Labute approximate surface area is 306 Å². The number of aliphatic hydroxyl groups is 2. The molecule has 52 heavy (non-hydrogen) atoms. The average molecular weight is 713 g/mol. The molecule has 3 aromatic carbocycles. The van der Waals surface area contributed by atoms with E-state index in [1.165, 1.54) is 12.1 Å². The molecule has 5 aliphatic rings. The van der Waals surface area contributed by atoms with Gasteiger partial charge in [-0.1, -0.05) is 61.4 Å². The molecule has 4 heterocycles. The fourth-order valence-corrected chi connectivity index (χ4v) is 9.18. The third-order valence-corrected chi connectivity index (χ3v) is 12.3. The van der Waals surface area contributed by atoms with Crippen LogP contribution in [0.2, 0.25) is 0 Å². The predicted molar refractivity (Wildman–Crippen MR) is 198 cm³/mol. The summed E-state index contributed by atoms with van der Waals surface area (Å²) in [5.74, 6) is 0.990. The Kier molecular flexibility index (Phi) is 11.0. The zero-order valence-corrected chi connectivity index (χ0v) is 30.3. The quantitative estimate of drug-likeness (QED) is 0.138. The predicted octanol–water partition coefficient (Wildman–Crippen LogP) is 5.06. The molecule has 3 atom stereocenters. The van der Waals surface area contributed by atoms with Crippen LogP contribution < -0.4 is 15.4 Å². The van der Waals surface area contributed by atoms with Crippen molar-refractivity contribution in [3.8, 4) is 11.5 Å². The first kappa shape index (κ1) is 36.6. The van der Waals surface area contributed by atoms with E-state index in [9.17, 15) is 24.9 Å². The van der Waals surface area contributed by atoms with E-state index < -0.39 is 11.7 Å². The molecule has 10 nitrogen and oxygen atoms in total. The second-order valence-electron chi connectivity index (χ2n) is 15.8. The lowest BCUT2D eigenvalue weighted by Crippen LogP contribution is -2.65. The first-order valence-corrected chi connectivity index (χ1v) is 19.1. The van der Waals surface area contributed by atoms with Gasteiger partial charge in [-0.15, -0.1) is 0 Å². The Hall–Kier alpha value is -3.80. The number of carbonyl (C=O) groups excluding carboxylic acids is 2. The molecule has 3 saturated heterocycles. The van der Waals surface area contributed by atoms with Crippen molar-refractivity contribution in [3.05, 3.63) is 88.5 Å². The number of amides is 1. The highest BCUT2D eigenvalue weighted by atomic mass is 16.5. The molecule has 0 unspecified atom stereocenters. The van der Waals surface area contributed by atoms with Crippen molar-refractivity contribution in [1.29, 1.82) is 0 Å². The Morgan fingerprint density at radius 2 is 1.85 bits per heavy atom. The van der Waals surface area contributed by atoms with Crippen molar-refractivity contribution in [2.24, 2.45) is 11.8 Å². The van der Waals surface area contributed by atoms with Crippen LogP contribution in [-0.4, -0.2) is 83.5 Å². The second kappa shape index (κ2) is 15.7. The van der Waals surface area contributed by atoms with Gasteiger partial charge in [0, 0.05) is 49.9 Å². The lowest BCUT2D eigenvalue weighted by Gasteiger charge is -2.53. The second-order valence-corrected chi connectivity index (χ2v) is 15.8. The minimum absolute atomic E-state index is 0.0650. The summed E-state index contributed by atoms with van der Waals surface area (Å²) in [4.78, 5) is 25.1. The van der Waals surface area contributed by atoms with Gasteiger partial charge in [-0.25, -0.2) is 0 Å². The number of benzene rings is 3. The number of piperidine rings is 3. The Morgan fingerprint density at radius 3 is 2.60 bits per heavy atom. The molecule has 8 rings (SSSR count). The molecular weight excluding hydrogens is 658 g/mol. The third-order valence-electron chi connectivity index (χ3n) is 12.3. The van der Waals surface area contributed by atoms with Crippen LogP contribution in [0.5, 0.6) is 11.5 Å². The van der Waals surface area contributed by atoms with E-state index in [2.05, 4.69) is 16.7 Å². The zero-order valence-electron chi connectivity index (χ0n) is 30.3. The summed E-state index contributed by atoms with van der Waals surface area (Å²) in [6, 6.07) is 19.1. The maximum Gasteiger partial charge on any atom is 0.262 e. The molecule has 2 bridgehead atoms. The number of aromatic hydroxyl groups is 1. The van der Waals surface area contributed by atoms with E-state index in [0.29, 0.717) is 48.9 Å². The maximum absolute atomic E-state index is 13.4. The lowest BCUT2D eigenvalue weighted by atomic mass is 9.80. The molecule has 4 fully saturated rings. The highest BCUT2D eigenvalue weighted by molar-refractivity contribution is 5.96. The van der Waals surface area contributed by atoms with E-state index in [4.69, 9.17) is 9.47 Å². The number of phenolic OH excluding ortho intramolecular Hbond substituents is 1. The number of quaternary nitrogens is 1. The number of rotatable bonds is 15. The van der Waals surface area contributed by atoms with Crippen LogP contribution in [-0.2, 0) is 32.9 Å². The van der Waals surface area contributed by atoms with Gasteiger partial charge in [0.25, 0.3) is 5.91 Å². The normalized spacial score (nSPS) is 24.5. The van der Waals surface area contributed by atoms with E-state index >= 15 is 0 Å². The highest BCUT2D eigenvalue weighted by Crippen LogP contribution is 2.43. The monoisotopic (exact) mass is 712 g/mol. The number of nitrogens with zero attached hydrogens (tertiary/aromatic N) is 1. The van der Waals surface area contributed by atoms with Crippen molar-refractivity contribution in [3.63, 3.8) is 0 Å². The Morgan fingerprint density at radius 1 is 1.08 bits per heavy atom. The van der Waals surface area contributed by atoms with Gasteiger partial charge in [-0.2, -0.15) is 0 Å². The molecule has 1 amide bonds. The molecular formula is C42H54N3O7+. The molecule has 278 valence electrons. The number of Topliss-reactive ketones (excluding diaryl/α,β-unsaturated/α-hetero) is 1. The van der Waals surface area contributed by atoms with Crippen molar-refractivity contribution in [2.75, 3.05) is 51.3 Å². The molecule has 10 heteroatoms. The maximum atomic E-state index is 13.4. The molecule has 0 radical (unpaired) electrons. The molecule has 3 aromatic rings. The summed E-state index contributed by atoms with van der Waals surface area (Å²) >= 11 is 0. The molecule has 5 N–H and O–H groups in total. The number of ether oxygens (including phenoxy) is 2. The largest absolute Gasteiger partial charge is 0.508 e. The summed E-state index contributed by atoms with van der Waals surface area (Å²) in [6.45, 7) is 6.89. The summed E-state index contributed by atoms with van der Waals surface area (Å²) in [6.07, 6.45) is 6.73. The number of ketones is 1. The summed E-state index contributed by atoms with van der Waals surface area (Å²) in [5, 5.41) is 38.9. The Bertz CT molecular complexity index is 1730. The van der Waals surface area contributed by atoms with E-state index in [1.807, 2.05) is 49.4 Å². The number of hydrogen-bond acceptors (Lipinski definition) is 8. The van der Waals surface area contributed by atoms with Gasteiger partial charge in [-0.05, 0) is 54.0 Å². The fourth-order valence-electron chi connectivity index (χ4n) is 9.18. The number of anilines is 1. The SMILES string of the molecule is Cc1cc(CNC[C@H](O)c2cc(O)cc3c2OCC(=O)N3)ccc1CC(=O)CC[N+]12CCC(CC1)[C@@H](OC[C@@](O)(c1ccccc1)C1CCCC1)C2. The van der Waals surface area contributed by atoms with Crippen LogP contribution in [0.3, 0.4) is 0 Å². The highest BCUT2D eigenvalue weighted by Gasteiger charge is 2.48. The van der Waals surface area contributed by atoms with Crippen molar-refractivity contribution in [1.82, 2.24) is 5.32 Å². The number of nitrogens with one attached hydrogen (secondary N) is 2. The standard InChI is InChI=1S/C42H53N3O7/c1-28-19-29(23-43-24-38(48)36-21-35(47)22-37-41(36)51-26-40(49)44-37)11-12-31(28)20-34(46)15-18-45-16-13-30(14-17-45)39(25-45)52-27-42(50,33-9-5-6-10-33)32-7-3-2-4-8-32/h2-4,7-8,11-12,19,21-22,30,33,38-39,43,48,50H,5-6,9-10,13-18,20,23-27H2,1H3,(H-,44,47,49)/p+1/t30?,38-,39-,42+,45?/m0/s1. The van der Waals surface area contributed by atoms with Crippen molar-refractivity contribution >= 4 is 17.4 Å². The van der Waals surface area contributed by atoms with Crippen LogP contribution in [0.4, 0.5) is 5.69 Å². The number of aryl methyl sites for hydroxylation is 1. The molecule has 4 aliphatic heterocycles. The minimum atomic E-state index is -0.960. The van der Waals surface area contributed by atoms with Crippen LogP contribution >= 0.6 is 0 Å². The van der Waals surface area contributed by atoms with Gasteiger partial charge in [0.05, 0.1) is 44.5 Å². The summed E-state index contributed by atoms with van der Waals surface area (Å²) < 4.78 is 13.2. The Balaban J connectivity index is 0.893. The van der Waals surface area contributed by atoms with Gasteiger partial charge < -0.3 is 39.9 Å². The molecule has 0 aromatic heterocycles. The van der Waals surface area contributed by atoms with E-state index in [0.717, 1.165) is 91.4 Å². The number of phenols is 1. The van der Waals surface area contributed by atoms with Gasteiger partial charge >= 0.3 is 0 Å². The first-order chi connectivity index (χ1) is 25.1. The fraction of sp³-hybridized carbons (Fsp3) is 0.524. The smallest absolute Gasteiger partial charge is 0.262 e. The topological polar surface area (TPSA) is 137 Å². The van der Waals surface area contributed by atoms with E-state index in [-0.39, 0.29) is 42.6 Å². The van der Waals surface area contributed by atoms with Crippen molar-refractivity contribution < 1.29 is 38.9 Å². The van der Waals surface area contributed by atoms with Gasteiger partial charge in [-0.3, -0.25) is 9.59 Å². The van der Waals surface area contributed by atoms with Gasteiger partial charge in [0.1, 0.15) is 35.5 Å². The van der Waals surface area contributed by atoms with Crippen LogP contribution in [0.25, 0.3) is 0 Å². The molecule has 1 aliphatic carbocycles. The van der Waals surface area contributed by atoms with E-state index in [1.54, 1.807) is 0 Å². The average Bonchev–Trinajstić information content (AvgIpc) is 3.71. The zero-order chi connectivity index (χ0) is 36.3. The first-order valence-electron chi connectivity index (χ1n) is 19.1. The third kappa shape index (κ3) is 8.06. The number of carbonyl (C=O) groups is 2. The number of fused-ring (bicyclic) bond motifs is 4. The van der Waals surface area contributed by atoms with Crippen molar-refractivity contribution in [2.45, 2.75) is 82.6 Å². The van der Waals surface area contributed by atoms with Gasteiger partial charge in [0.15, 0.2) is 6.61 Å². The van der Waals surface area contributed by atoms with Crippen LogP contribution in [0, 0.1) is 18.8 Å². The molecule has 1 saturated carbocycles. The number of hydrogen-bond donors (Lipinski definition) is 5. The number of aliphatic hydroxyl groups excluding tert-OH is 1. The van der Waals surface area contributed by atoms with Crippen LogP contribution in [0.15, 0.2) is 60.7 Å². The lowest BCUT2D eigenvalue weighted by molar-refractivity contribution is -0.946. The summed E-state index contributed by atoms with van der Waals surface area (Å²) in [7, 11) is 0. The minimum Gasteiger partial charge on any atom is -0.508 e. The molecule has 0 spiro atoms.